The van der Waals surface area contributed by atoms with Crippen molar-refractivity contribution in [1.29, 1.82) is 0 Å². The molecule has 18 heavy (non-hydrogen) atoms. The number of carbonyl (C=O) groups is 1. The van der Waals surface area contributed by atoms with E-state index in [2.05, 4.69) is 22.4 Å². The van der Waals surface area contributed by atoms with Gasteiger partial charge in [0.1, 0.15) is 0 Å². The molecule has 0 radical (unpaired) electrons. The zero-order valence-electron chi connectivity index (χ0n) is 10.5. The topological polar surface area (TPSA) is 42.0 Å². The summed E-state index contributed by atoms with van der Waals surface area (Å²) in [5.74, 6) is -0.0120. The largest absolute Gasteiger partial charge is 0.302 e. The fraction of sp³-hybridized carbons (Fsp3) is 0.286. The zero-order valence-corrected chi connectivity index (χ0v) is 11.3. The van der Waals surface area contributed by atoms with E-state index in [1.807, 2.05) is 38.2 Å². The number of aromatic nitrogens is 1. The highest BCUT2D eigenvalue weighted by molar-refractivity contribution is 7.15. The Morgan fingerprint density at radius 2 is 2.06 bits per heavy atom. The second-order valence-electron chi connectivity index (χ2n) is 4.44. The number of benzene rings is 1. The number of carbonyl (C=O) groups excluding carboxylic acids is 1. The molecule has 0 bridgehead atoms. The van der Waals surface area contributed by atoms with E-state index < -0.39 is 0 Å². The molecule has 1 heterocycles. The minimum absolute atomic E-state index is 0.00983. The molecule has 1 aromatic heterocycles. The standard InChI is InChI=1S/C14H16N2OS/c1-10(2)13(17)16-14-15-9-12(18-14)8-11-6-4-3-5-7-11/h3-7,9-10H,8H2,1-2H3,(H,15,16,17). The smallest absolute Gasteiger partial charge is 0.228 e. The lowest BCUT2D eigenvalue weighted by molar-refractivity contribution is -0.118. The molecule has 1 amide bonds. The number of rotatable bonds is 4. The summed E-state index contributed by atoms with van der Waals surface area (Å²) in [6, 6.07) is 10.2. The summed E-state index contributed by atoms with van der Waals surface area (Å²) in [6.07, 6.45) is 2.68. The number of hydrogen-bond donors (Lipinski definition) is 1. The average molecular weight is 260 g/mol. The molecule has 0 unspecified atom stereocenters. The Labute approximate surface area is 111 Å². The van der Waals surface area contributed by atoms with E-state index in [9.17, 15) is 4.79 Å². The fourth-order valence-electron chi connectivity index (χ4n) is 1.49. The minimum Gasteiger partial charge on any atom is -0.302 e. The molecule has 0 aliphatic heterocycles. The molecule has 1 aromatic carbocycles. The molecule has 0 atom stereocenters. The molecule has 2 aromatic rings. The molecular formula is C14H16N2OS. The van der Waals surface area contributed by atoms with Gasteiger partial charge in [0.2, 0.25) is 5.91 Å². The van der Waals surface area contributed by atoms with Crippen molar-refractivity contribution in [2.75, 3.05) is 5.32 Å². The van der Waals surface area contributed by atoms with E-state index in [4.69, 9.17) is 0 Å². The van der Waals surface area contributed by atoms with Crippen molar-refractivity contribution >= 4 is 22.4 Å². The predicted octanol–water partition coefficient (Wildman–Crippen LogP) is 3.33. The molecule has 0 saturated heterocycles. The fourth-order valence-corrected chi connectivity index (χ4v) is 2.34. The Morgan fingerprint density at radius 1 is 1.33 bits per heavy atom. The number of thiazole rings is 1. The van der Waals surface area contributed by atoms with E-state index in [1.54, 1.807) is 0 Å². The van der Waals surface area contributed by atoms with Gasteiger partial charge in [0, 0.05) is 23.4 Å². The lowest BCUT2D eigenvalue weighted by Crippen LogP contribution is -2.17. The third-order valence-corrected chi connectivity index (χ3v) is 3.44. The maximum atomic E-state index is 11.5. The van der Waals surface area contributed by atoms with E-state index in [-0.39, 0.29) is 11.8 Å². The molecule has 0 aliphatic rings. The van der Waals surface area contributed by atoms with Crippen LogP contribution in [-0.4, -0.2) is 10.9 Å². The molecule has 1 N–H and O–H groups in total. The first kappa shape index (κ1) is 12.8. The van der Waals surface area contributed by atoms with E-state index in [0.717, 1.165) is 11.3 Å². The lowest BCUT2D eigenvalue weighted by atomic mass is 10.1. The molecule has 0 saturated carbocycles. The van der Waals surface area contributed by atoms with Crippen LogP contribution in [0.1, 0.15) is 24.3 Å². The van der Waals surface area contributed by atoms with E-state index in [0.29, 0.717) is 5.13 Å². The van der Waals surface area contributed by atoms with Gasteiger partial charge in [0.15, 0.2) is 5.13 Å². The van der Waals surface area contributed by atoms with E-state index in [1.165, 1.54) is 16.9 Å². The van der Waals surface area contributed by atoms with Crippen molar-refractivity contribution < 1.29 is 4.79 Å². The summed E-state index contributed by atoms with van der Waals surface area (Å²) in [6.45, 7) is 3.74. The second kappa shape index (κ2) is 5.78. The number of amides is 1. The van der Waals surface area contributed by atoms with Gasteiger partial charge in [-0.2, -0.15) is 0 Å². The van der Waals surface area contributed by atoms with Gasteiger partial charge in [0.25, 0.3) is 0 Å². The van der Waals surface area contributed by atoms with Crippen LogP contribution in [0.15, 0.2) is 36.5 Å². The predicted molar refractivity (Wildman–Crippen MR) is 74.8 cm³/mol. The Bertz CT molecular complexity index is 520. The summed E-state index contributed by atoms with van der Waals surface area (Å²) in [7, 11) is 0. The third kappa shape index (κ3) is 3.40. The number of nitrogens with zero attached hydrogens (tertiary/aromatic N) is 1. The summed E-state index contributed by atoms with van der Waals surface area (Å²) in [5.41, 5.74) is 1.25. The number of hydrogen-bond acceptors (Lipinski definition) is 3. The van der Waals surface area contributed by atoms with Crippen LogP contribution in [-0.2, 0) is 11.2 Å². The SMILES string of the molecule is CC(C)C(=O)Nc1ncc(Cc2ccccc2)s1. The van der Waals surface area contributed by atoms with Gasteiger partial charge < -0.3 is 5.32 Å². The number of anilines is 1. The van der Waals surface area contributed by atoms with Crippen LogP contribution < -0.4 is 5.32 Å². The van der Waals surface area contributed by atoms with E-state index >= 15 is 0 Å². The van der Waals surface area contributed by atoms with Crippen LogP contribution in [0.2, 0.25) is 0 Å². The van der Waals surface area contributed by atoms with Crippen molar-refractivity contribution in [1.82, 2.24) is 4.98 Å². The van der Waals surface area contributed by atoms with Crippen LogP contribution in [0.25, 0.3) is 0 Å². The Hall–Kier alpha value is -1.68. The molecule has 0 aliphatic carbocycles. The summed E-state index contributed by atoms with van der Waals surface area (Å²) in [4.78, 5) is 16.9. The van der Waals surface area contributed by atoms with Crippen LogP contribution in [0.3, 0.4) is 0 Å². The van der Waals surface area contributed by atoms with Crippen molar-refractivity contribution in [2.45, 2.75) is 20.3 Å². The molecule has 4 heteroatoms. The Kier molecular flexibility index (Phi) is 4.10. The molecule has 3 nitrogen and oxygen atoms in total. The van der Waals surface area contributed by atoms with Crippen molar-refractivity contribution in [3.63, 3.8) is 0 Å². The normalized spacial score (nSPS) is 10.6. The highest BCUT2D eigenvalue weighted by Gasteiger charge is 2.10. The molecule has 0 spiro atoms. The maximum absolute atomic E-state index is 11.5. The van der Waals surface area contributed by atoms with Crippen LogP contribution in [0, 0.1) is 5.92 Å². The van der Waals surface area contributed by atoms with Gasteiger partial charge in [0.05, 0.1) is 0 Å². The van der Waals surface area contributed by atoms with Crippen molar-refractivity contribution in [3.8, 4) is 0 Å². The molecule has 94 valence electrons. The van der Waals surface area contributed by atoms with Crippen LogP contribution in [0.5, 0.6) is 0 Å². The summed E-state index contributed by atoms with van der Waals surface area (Å²) < 4.78 is 0. The molecular weight excluding hydrogens is 244 g/mol. The van der Waals surface area contributed by atoms with Gasteiger partial charge in [-0.3, -0.25) is 4.79 Å². The van der Waals surface area contributed by atoms with Crippen LogP contribution >= 0.6 is 11.3 Å². The summed E-state index contributed by atoms with van der Waals surface area (Å²) in [5, 5.41) is 3.50. The monoisotopic (exact) mass is 260 g/mol. The van der Waals surface area contributed by atoms with Gasteiger partial charge in [-0.25, -0.2) is 4.98 Å². The zero-order chi connectivity index (χ0) is 13.0. The Morgan fingerprint density at radius 3 is 2.72 bits per heavy atom. The average Bonchev–Trinajstić information content (AvgIpc) is 2.77. The van der Waals surface area contributed by atoms with Crippen molar-refractivity contribution in [3.05, 3.63) is 47.0 Å². The van der Waals surface area contributed by atoms with Crippen molar-refractivity contribution in [2.24, 2.45) is 5.92 Å². The van der Waals surface area contributed by atoms with Crippen LogP contribution in [0.4, 0.5) is 5.13 Å². The van der Waals surface area contributed by atoms with Gasteiger partial charge in [-0.1, -0.05) is 44.2 Å². The lowest BCUT2D eigenvalue weighted by Gasteiger charge is -2.03. The molecule has 0 fully saturated rings. The van der Waals surface area contributed by atoms with Gasteiger partial charge in [-0.05, 0) is 5.56 Å². The first-order valence-electron chi connectivity index (χ1n) is 5.94. The Balaban J connectivity index is 2.00. The first-order valence-corrected chi connectivity index (χ1v) is 6.76. The first-order chi connectivity index (χ1) is 8.65. The second-order valence-corrected chi connectivity index (χ2v) is 5.55. The number of nitrogens with one attached hydrogen (secondary N) is 1. The van der Waals surface area contributed by atoms with Gasteiger partial charge >= 0.3 is 0 Å². The van der Waals surface area contributed by atoms with Gasteiger partial charge in [-0.15, -0.1) is 11.3 Å². The molecule has 2 rings (SSSR count). The highest BCUT2D eigenvalue weighted by Crippen LogP contribution is 2.21. The maximum Gasteiger partial charge on any atom is 0.228 e. The summed E-state index contributed by atoms with van der Waals surface area (Å²) >= 11 is 1.53. The third-order valence-electron chi connectivity index (χ3n) is 2.53. The quantitative estimate of drug-likeness (QED) is 0.916. The highest BCUT2D eigenvalue weighted by atomic mass is 32.1. The minimum atomic E-state index is -0.0218.